The van der Waals surface area contributed by atoms with Crippen molar-refractivity contribution in [2.45, 2.75) is 38.7 Å². The SMILES string of the molecule is CC(C)Oc1ccc(C2(C)CC(=O)OC2=O)cc1. The van der Waals surface area contributed by atoms with Gasteiger partial charge in [0.25, 0.3) is 0 Å². The Bertz CT molecular complexity index is 475. The first-order valence-electron chi connectivity index (χ1n) is 5.94. The number of ether oxygens (including phenoxy) is 2. The minimum Gasteiger partial charge on any atom is -0.491 e. The van der Waals surface area contributed by atoms with Gasteiger partial charge in [-0.3, -0.25) is 9.59 Å². The molecule has 4 heteroatoms. The monoisotopic (exact) mass is 248 g/mol. The molecule has 0 radical (unpaired) electrons. The first-order chi connectivity index (χ1) is 8.41. The average Bonchev–Trinajstić information content (AvgIpc) is 2.53. The minimum absolute atomic E-state index is 0.0935. The van der Waals surface area contributed by atoms with Crippen molar-refractivity contribution in [1.82, 2.24) is 0 Å². The zero-order chi connectivity index (χ0) is 13.3. The fourth-order valence-electron chi connectivity index (χ4n) is 2.01. The lowest BCUT2D eigenvalue weighted by Gasteiger charge is -2.19. The van der Waals surface area contributed by atoms with Crippen LogP contribution in [0.15, 0.2) is 24.3 Å². The molecular weight excluding hydrogens is 232 g/mol. The molecule has 0 bridgehead atoms. The van der Waals surface area contributed by atoms with Crippen molar-refractivity contribution in [1.29, 1.82) is 0 Å². The van der Waals surface area contributed by atoms with Crippen LogP contribution in [0.5, 0.6) is 5.75 Å². The maximum Gasteiger partial charge on any atom is 0.324 e. The molecule has 1 saturated heterocycles. The highest BCUT2D eigenvalue weighted by Gasteiger charge is 2.46. The summed E-state index contributed by atoms with van der Waals surface area (Å²) in [6.45, 7) is 5.61. The van der Waals surface area contributed by atoms with Crippen LogP contribution in [0.1, 0.15) is 32.8 Å². The molecule has 2 rings (SSSR count). The molecule has 0 N–H and O–H groups in total. The summed E-state index contributed by atoms with van der Waals surface area (Å²) in [5.74, 6) is -0.204. The number of hydrogen-bond acceptors (Lipinski definition) is 4. The van der Waals surface area contributed by atoms with Gasteiger partial charge in [-0.2, -0.15) is 0 Å². The number of rotatable bonds is 3. The van der Waals surface area contributed by atoms with Gasteiger partial charge in [-0.25, -0.2) is 0 Å². The van der Waals surface area contributed by atoms with Gasteiger partial charge in [0.05, 0.1) is 12.5 Å². The molecule has 1 atom stereocenters. The van der Waals surface area contributed by atoms with E-state index in [4.69, 9.17) is 4.74 Å². The van der Waals surface area contributed by atoms with Crippen LogP contribution in [0, 0.1) is 0 Å². The van der Waals surface area contributed by atoms with Crippen LogP contribution in [0.3, 0.4) is 0 Å². The van der Waals surface area contributed by atoms with Gasteiger partial charge in [-0.05, 0) is 38.5 Å². The number of benzene rings is 1. The van der Waals surface area contributed by atoms with E-state index in [9.17, 15) is 9.59 Å². The highest BCUT2D eigenvalue weighted by molar-refractivity contribution is 6.00. The highest BCUT2D eigenvalue weighted by Crippen LogP contribution is 2.35. The molecule has 1 heterocycles. The van der Waals surface area contributed by atoms with Gasteiger partial charge in [0.1, 0.15) is 11.2 Å². The van der Waals surface area contributed by atoms with E-state index in [-0.39, 0.29) is 12.5 Å². The fraction of sp³-hybridized carbons (Fsp3) is 0.429. The lowest BCUT2D eigenvalue weighted by molar-refractivity contribution is -0.153. The third-order valence-electron chi connectivity index (χ3n) is 3.02. The Labute approximate surface area is 106 Å². The first kappa shape index (κ1) is 12.6. The summed E-state index contributed by atoms with van der Waals surface area (Å²) in [5.41, 5.74) is -0.0950. The molecule has 1 aliphatic rings. The number of esters is 2. The number of cyclic esters (lactones) is 2. The van der Waals surface area contributed by atoms with E-state index < -0.39 is 17.4 Å². The lowest BCUT2D eigenvalue weighted by atomic mass is 9.81. The Morgan fingerprint density at radius 3 is 2.28 bits per heavy atom. The Kier molecular flexibility index (Phi) is 3.11. The average molecular weight is 248 g/mol. The van der Waals surface area contributed by atoms with Crippen molar-refractivity contribution in [3.8, 4) is 5.75 Å². The van der Waals surface area contributed by atoms with Gasteiger partial charge in [-0.15, -0.1) is 0 Å². The molecule has 96 valence electrons. The normalized spacial score (nSPS) is 23.3. The van der Waals surface area contributed by atoms with E-state index in [2.05, 4.69) is 4.74 Å². The Morgan fingerprint density at radius 1 is 1.22 bits per heavy atom. The topological polar surface area (TPSA) is 52.6 Å². The van der Waals surface area contributed by atoms with Gasteiger partial charge in [0.2, 0.25) is 0 Å². The van der Waals surface area contributed by atoms with E-state index >= 15 is 0 Å². The van der Waals surface area contributed by atoms with Crippen LogP contribution >= 0.6 is 0 Å². The van der Waals surface area contributed by atoms with Crippen LogP contribution in [0.2, 0.25) is 0 Å². The molecule has 0 aromatic heterocycles. The molecule has 1 aliphatic heterocycles. The quantitative estimate of drug-likeness (QED) is 0.608. The van der Waals surface area contributed by atoms with Crippen LogP contribution in [0.25, 0.3) is 0 Å². The molecule has 0 aliphatic carbocycles. The second-order valence-electron chi connectivity index (χ2n) is 4.96. The van der Waals surface area contributed by atoms with Gasteiger partial charge < -0.3 is 9.47 Å². The summed E-state index contributed by atoms with van der Waals surface area (Å²) >= 11 is 0. The number of carbonyl (C=O) groups excluding carboxylic acids is 2. The van der Waals surface area contributed by atoms with Crippen molar-refractivity contribution >= 4 is 11.9 Å². The molecule has 1 unspecified atom stereocenters. The van der Waals surface area contributed by atoms with Crippen molar-refractivity contribution in [3.63, 3.8) is 0 Å². The van der Waals surface area contributed by atoms with Crippen LogP contribution in [-0.4, -0.2) is 18.0 Å². The summed E-state index contributed by atoms with van der Waals surface area (Å²) in [7, 11) is 0. The summed E-state index contributed by atoms with van der Waals surface area (Å²) in [6.07, 6.45) is 0.195. The van der Waals surface area contributed by atoms with E-state index in [1.165, 1.54) is 0 Å². The van der Waals surface area contributed by atoms with Gasteiger partial charge >= 0.3 is 11.9 Å². The van der Waals surface area contributed by atoms with Crippen molar-refractivity contribution in [3.05, 3.63) is 29.8 Å². The van der Waals surface area contributed by atoms with Crippen LogP contribution in [-0.2, 0) is 19.7 Å². The summed E-state index contributed by atoms with van der Waals surface area (Å²) in [4.78, 5) is 22.9. The molecule has 0 saturated carbocycles. The van der Waals surface area contributed by atoms with Crippen LogP contribution < -0.4 is 4.74 Å². The maximum absolute atomic E-state index is 11.7. The second-order valence-corrected chi connectivity index (χ2v) is 4.96. The van der Waals surface area contributed by atoms with E-state index in [0.29, 0.717) is 0 Å². The molecular formula is C14H16O4. The zero-order valence-electron chi connectivity index (χ0n) is 10.7. The molecule has 1 fully saturated rings. The highest BCUT2D eigenvalue weighted by atomic mass is 16.6. The Morgan fingerprint density at radius 2 is 1.83 bits per heavy atom. The second kappa shape index (κ2) is 4.44. The summed E-state index contributed by atoms with van der Waals surface area (Å²) in [6, 6.07) is 7.21. The minimum atomic E-state index is -0.868. The number of carbonyl (C=O) groups is 2. The van der Waals surface area contributed by atoms with Crippen molar-refractivity contribution < 1.29 is 19.1 Å². The molecule has 1 aromatic rings. The summed E-state index contributed by atoms with van der Waals surface area (Å²) < 4.78 is 10.1. The number of hydrogen-bond donors (Lipinski definition) is 0. The van der Waals surface area contributed by atoms with Gasteiger partial charge in [0.15, 0.2) is 0 Å². The van der Waals surface area contributed by atoms with Crippen molar-refractivity contribution in [2.24, 2.45) is 0 Å². The lowest BCUT2D eigenvalue weighted by Crippen LogP contribution is -2.27. The first-order valence-corrected chi connectivity index (χ1v) is 5.94. The van der Waals surface area contributed by atoms with Crippen LogP contribution in [0.4, 0.5) is 0 Å². The van der Waals surface area contributed by atoms with E-state index in [1.54, 1.807) is 31.2 Å². The van der Waals surface area contributed by atoms with Gasteiger partial charge in [-0.1, -0.05) is 12.1 Å². The third kappa shape index (κ3) is 2.23. The Hall–Kier alpha value is -1.84. The smallest absolute Gasteiger partial charge is 0.324 e. The van der Waals surface area contributed by atoms with E-state index in [1.807, 2.05) is 13.8 Å². The zero-order valence-corrected chi connectivity index (χ0v) is 10.7. The Balaban J connectivity index is 2.24. The van der Waals surface area contributed by atoms with Crippen molar-refractivity contribution in [2.75, 3.05) is 0 Å². The maximum atomic E-state index is 11.7. The predicted octanol–water partition coefficient (Wildman–Crippen LogP) is 2.21. The van der Waals surface area contributed by atoms with E-state index in [0.717, 1.165) is 11.3 Å². The molecule has 0 spiro atoms. The van der Waals surface area contributed by atoms with Gasteiger partial charge in [0, 0.05) is 0 Å². The predicted molar refractivity (Wildman–Crippen MR) is 65.3 cm³/mol. The standard InChI is InChI=1S/C14H16O4/c1-9(2)17-11-6-4-10(5-7-11)14(3)8-12(15)18-13(14)16/h4-7,9H,8H2,1-3H3. The molecule has 18 heavy (non-hydrogen) atoms. The summed E-state index contributed by atoms with van der Waals surface area (Å²) in [5, 5.41) is 0. The third-order valence-corrected chi connectivity index (χ3v) is 3.02. The molecule has 0 amide bonds. The molecule has 1 aromatic carbocycles. The fourth-order valence-corrected chi connectivity index (χ4v) is 2.01. The largest absolute Gasteiger partial charge is 0.491 e. The molecule has 4 nitrogen and oxygen atoms in total.